The van der Waals surface area contributed by atoms with Crippen LogP contribution in [0.15, 0.2) is 47.5 Å². The first-order chi connectivity index (χ1) is 13.6. The maximum atomic E-state index is 12.8. The van der Waals surface area contributed by atoms with E-state index >= 15 is 0 Å². The molecule has 2 heterocycles. The second-order valence-electron chi connectivity index (χ2n) is 6.56. The van der Waals surface area contributed by atoms with E-state index < -0.39 is 18.3 Å². The van der Waals surface area contributed by atoms with Gasteiger partial charge in [-0.25, -0.2) is 4.57 Å². The average molecular weight is 408 g/mol. The van der Waals surface area contributed by atoms with Gasteiger partial charge in [0, 0.05) is 24.9 Å². The van der Waals surface area contributed by atoms with Gasteiger partial charge in [0.15, 0.2) is 6.61 Å². The lowest BCUT2D eigenvalue weighted by Gasteiger charge is -2.16. The topological polar surface area (TPSA) is 71.2 Å². The lowest BCUT2D eigenvalue weighted by molar-refractivity contribution is -0.153. The highest BCUT2D eigenvalue weighted by molar-refractivity contribution is 5.57. The molecule has 0 bridgehead atoms. The van der Waals surface area contributed by atoms with E-state index in [1.807, 2.05) is 0 Å². The summed E-state index contributed by atoms with van der Waals surface area (Å²) in [6, 6.07) is 7.04. The van der Waals surface area contributed by atoms with Crippen LogP contribution in [0.1, 0.15) is 13.8 Å². The van der Waals surface area contributed by atoms with Crippen molar-refractivity contribution in [3.05, 3.63) is 53.1 Å². The van der Waals surface area contributed by atoms with E-state index in [1.165, 1.54) is 34.9 Å². The number of aromatic nitrogens is 4. The summed E-state index contributed by atoms with van der Waals surface area (Å²) in [6.07, 6.45) is -1.39. The molecule has 7 nitrogen and oxygen atoms in total. The Bertz CT molecular complexity index is 1040. The van der Waals surface area contributed by atoms with Crippen molar-refractivity contribution in [2.75, 3.05) is 6.61 Å². The predicted octanol–water partition coefficient (Wildman–Crippen LogP) is 3.36. The van der Waals surface area contributed by atoms with Crippen LogP contribution in [0, 0.1) is 0 Å². The number of nitrogens with zero attached hydrogens (tertiary/aromatic N) is 4. The average Bonchev–Trinajstić information content (AvgIpc) is 3.06. The molecule has 0 unspecified atom stereocenters. The molecule has 0 aliphatic rings. The number of hydrogen-bond acceptors (Lipinski definition) is 5. The largest absolute Gasteiger partial charge is 0.484 e. The molecule has 0 saturated heterocycles. The highest BCUT2D eigenvalue weighted by atomic mass is 19.4. The maximum Gasteiger partial charge on any atom is 0.422 e. The first kappa shape index (κ1) is 20.4. The van der Waals surface area contributed by atoms with Crippen LogP contribution >= 0.6 is 0 Å². The monoisotopic (exact) mass is 408 g/mol. The third kappa shape index (κ3) is 5.15. The fourth-order valence-corrected chi connectivity index (χ4v) is 2.55. The SMILES string of the molecule is CC(C)Oc1nc(-c2cnn(C)c2)cc(=O)n1-c1ccc(OCC(F)(F)F)cc1. The van der Waals surface area contributed by atoms with E-state index in [0.29, 0.717) is 16.9 Å². The molecule has 0 amide bonds. The van der Waals surface area contributed by atoms with Gasteiger partial charge in [-0.05, 0) is 38.1 Å². The van der Waals surface area contributed by atoms with Crippen LogP contribution in [0.4, 0.5) is 13.2 Å². The van der Waals surface area contributed by atoms with Crippen molar-refractivity contribution in [2.45, 2.75) is 26.1 Å². The molecule has 0 aliphatic carbocycles. The Morgan fingerprint density at radius 1 is 1.17 bits per heavy atom. The summed E-state index contributed by atoms with van der Waals surface area (Å²) in [6.45, 7) is 2.19. The number of alkyl halides is 3. The number of halogens is 3. The minimum atomic E-state index is -4.43. The van der Waals surface area contributed by atoms with Gasteiger partial charge in [0.1, 0.15) is 5.75 Å². The molecule has 3 rings (SSSR count). The summed E-state index contributed by atoms with van der Waals surface area (Å²) >= 11 is 0. The molecule has 0 N–H and O–H groups in total. The number of rotatable bonds is 6. The Labute approximate surface area is 164 Å². The van der Waals surface area contributed by atoms with Crippen molar-refractivity contribution in [1.29, 1.82) is 0 Å². The zero-order chi connectivity index (χ0) is 21.2. The van der Waals surface area contributed by atoms with Gasteiger partial charge in [-0.3, -0.25) is 9.48 Å². The van der Waals surface area contributed by atoms with Crippen LogP contribution < -0.4 is 15.0 Å². The summed E-state index contributed by atoms with van der Waals surface area (Å²) in [5, 5.41) is 4.07. The van der Waals surface area contributed by atoms with Crippen LogP contribution in [-0.4, -0.2) is 38.2 Å². The molecule has 0 atom stereocenters. The lowest BCUT2D eigenvalue weighted by atomic mass is 10.2. The van der Waals surface area contributed by atoms with Gasteiger partial charge >= 0.3 is 12.2 Å². The summed E-state index contributed by atoms with van der Waals surface area (Å²) in [4.78, 5) is 17.2. The second kappa shape index (κ2) is 7.98. The Hall–Kier alpha value is -3.30. The summed E-state index contributed by atoms with van der Waals surface area (Å²) < 4.78 is 50.1. The number of benzene rings is 1. The van der Waals surface area contributed by atoms with Gasteiger partial charge in [0.05, 0.1) is 23.7 Å². The van der Waals surface area contributed by atoms with E-state index in [4.69, 9.17) is 9.47 Å². The molecule has 0 spiro atoms. The quantitative estimate of drug-likeness (QED) is 0.626. The van der Waals surface area contributed by atoms with Gasteiger partial charge in [-0.2, -0.15) is 23.3 Å². The van der Waals surface area contributed by atoms with E-state index in [0.717, 1.165) is 0 Å². The normalized spacial score (nSPS) is 11.7. The molecule has 29 heavy (non-hydrogen) atoms. The third-order valence-electron chi connectivity index (χ3n) is 3.73. The minimum absolute atomic E-state index is 0.0328. The van der Waals surface area contributed by atoms with E-state index in [1.54, 1.807) is 38.0 Å². The zero-order valence-electron chi connectivity index (χ0n) is 16.0. The molecule has 10 heteroatoms. The van der Waals surface area contributed by atoms with Gasteiger partial charge in [-0.1, -0.05) is 0 Å². The number of hydrogen-bond donors (Lipinski definition) is 0. The van der Waals surface area contributed by atoms with Crippen LogP contribution in [0.5, 0.6) is 11.8 Å². The Kier molecular flexibility index (Phi) is 5.62. The van der Waals surface area contributed by atoms with Crippen LogP contribution in [0.25, 0.3) is 16.9 Å². The molecule has 2 aromatic heterocycles. The van der Waals surface area contributed by atoms with Crippen molar-refractivity contribution < 1.29 is 22.6 Å². The molecule has 0 saturated carbocycles. The van der Waals surface area contributed by atoms with Crippen LogP contribution in [0.3, 0.4) is 0 Å². The van der Waals surface area contributed by atoms with E-state index in [2.05, 4.69) is 10.1 Å². The molecular weight excluding hydrogens is 389 g/mol. The highest BCUT2D eigenvalue weighted by Gasteiger charge is 2.28. The predicted molar refractivity (Wildman–Crippen MR) is 99.4 cm³/mol. The number of ether oxygens (including phenoxy) is 2. The molecule has 1 aromatic carbocycles. The summed E-state index contributed by atoms with van der Waals surface area (Å²) in [5.41, 5.74) is 1.04. The lowest BCUT2D eigenvalue weighted by Crippen LogP contribution is -2.23. The first-order valence-corrected chi connectivity index (χ1v) is 8.72. The summed E-state index contributed by atoms with van der Waals surface area (Å²) in [5.74, 6) is 0.0328. The Morgan fingerprint density at radius 2 is 1.86 bits per heavy atom. The number of aryl methyl sites for hydroxylation is 1. The Morgan fingerprint density at radius 3 is 2.41 bits per heavy atom. The molecule has 3 aromatic rings. The molecule has 0 aliphatic heterocycles. The fourth-order valence-electron chi connectivity index (χ4n) is 2.55. The van der Waals surface area contributed by atoms with Crippen molar-refractivity contribution in [3.8, 4) is 28.7 Å². The third-order valence-corrected chi connectivity index (χ3v) is 3.73. The van der Waals surface area contributed by atoms with Crippen LogP contribution in [-0.2, 0) is 7.05 Å². The molecule has 154 valence electrons. The van der Waals surface area contributed by atoms with Gasteiger partial charge in [0.25, 0.3) is 5.56 Å². The maximum absolute atomic E-state index is 12.8. The van der Waals surface area contributed by atoms with Gasteiger partial charge in [-0.15, -0.1) is 0 Å². The van der Waals surface area contributed by atoms with Crippen molar-refractivity contribution in [1.82, 2.24) is 19.3 Å². The minimum Gasteiger partial charge on any atom is -0.484 e. The molecular formula is C19H19F3N4O3. The second-order valence-corrected chi connectivity index (χ2v) is 6.56. The smallest absolute Gasteiger partial charge is 0.422 e. The van der Waals surface area contributed by atoms with Crippen molar-refractivity contribution in [2.24, 2.45) is 7.05 Å². The first-order valence-electron chi connectivity index (χ1n) is 8.72. The van der Waals surface area contributed by atoms with Crippen molar-refractivity contribution >= 4 is 0 Å². The van der Waals surface area contributed by atoms with Crippen LogP contribution in [0.2, 0.25) is 0 Å². The zero-order valence-corrected chi connectivity index (χ0v) is 16.0. The molecule has 0 fully saturated rings. The van der Waals surface area contributed by atoms with E-state index in [-0.39, 0.29) is 17.9 Å². The highest BCUT2D eigenvalue weighted by Crippen LogP contribution is 2.23. The van der Waals surface area contributed by atoms with Crippen molar-refractivity contribution in [3.63, 3.8) is 0 Å². The molecule has 0 radical (unpaired) electrons. The summed E-state index contributed by atoms with van der Waals surface area (Å²) in [7, 11) is 1.75. The van der Waals surface area contributed by atoms with Gasteiger partial charge < -0.3 is 9.47 Å². The standard InChI is InChI=1S/C19H19F3N4O3/c1-12(2)29-18-24-16(13-9-23-25(3)10-13)8-17(27)26(18)14-4-6-15(7-5-14)28-11-19(20,21)22/h4-10,12H,11H2,1-3H3. The van der Waals surface area contributed by atoms with E-state index in [9.17, 15) is 18.0 Å². The van der Waals surface area contributed by atoms with Gasteiger partial charge in [0.2, 0.25) is 0 Å². The fraction of sp³-hybridized carbons (Fsp3) is 0.316. The Balaban J connectivity index is 1.98.